The molecule has 0 aliphatic rings. The van der Waals surface area contributed by atoms with E-state index in [1.807, 2.05) is 20.8 Å². The van der Waals surface area contributed by atoms with Gasteiger partial charge < -0.3 is 10.1 Å². The number of rotatable bonds is 7. The van der Waals surface area contributed by atoms with Crippen LogP contribution in [0.2, 0.25) is 0 Å². The van der Waals surface area contributed by atoms with Crippen LogP contribution in [0.4, 0.5) is 0 Å². The molecule has 5 heteroatoms. The smallest absolute Gasteiger partial charge is 0.312 e. The average Bonchev–Trinajstić information content (AvgIpc) is 2.22. The minimum atomic E-state index is -0.753. The topological polar surface area (TPSA) is 55.4 Å². The second kappa shape index (κ2) is 7.01. The first kappa shape index (κ1) is 15.6. The maximum absolute atomic E-state index is 11.4. The van der Waals surface area contributed by atoms with E-state index in [2.05, 4.69) is 5.32 Å². The molecular weight excluding hydrogens is 226 g/mol. The molecule has 0 aromatic rings. The molecule has 0 saturated heterocycles. The van der Waals surface area contributed by atoms with E-state index >= 15 is 0 Å². The van der Waals surface area contributed by atoms with Crippen molar-refractivity contribution in [3.8, 4) is 0 Å². The highest BCUT2D eigenvalue weighted by molar-refractivity contribution is 7.84. The summed E-state index contributed by atoms with van der Waals surface area (Å²) in [4.78, 5) is 11.4. The highest BCUT2D eigenvalue weighted by Gasteiger charge is 2.28. The van der Waals surface area contributed by atoms with E-state index in [9.17, 15) is 9.00 Å². The van der Waals surface area contributed by atoms with Gasteiger partial charge in [-0.05, 0) is 27.2 Å². The molecule has 96 valence electrons. The lowest BCUT2D eigenvalue weighted by Gasteiger charge is -2.24. The molecule has 0 spiro atoms. The van der Waals surface area contributed by atoms with Gasteiger partial charge in [0.15, 0.2) is 0 Å². The Balaban J connectivity index is 3.94. The summed E-state index contributed by atoms with van der Waals surface area (Å²) in [5.41, 5.74) is -0.519. The van der Waals surface area contributed by atoms with E-state index in [0.29, 0.717) is 12.3 Å². The fourth-order valence-corrected chi connectivity index (χ4v) is 1.91. The standard InChI is InChI=1S/C11H23NO3S/c1-9(6-7-16(5)14)12-8-11(2,3)10(13)15-4/h9,12H,6-8H2,1-5H3. The van der Waals surface area contributed by atoms with Crippen molar-refractivity contribution in [3.05, 3.63) is 0 Å². The first-order chi connectivity index (χ1) is 7.29. The van der Waals surface area contributed by atoms with Crippen molar-refractivity contribution in [2.24, 2.45) is 5.41 Å². The van der Waals surface area contributed by atoms with Crippen molar-refractivity contribution in [3.63, 3.8) is 0 Å². The number of esters is 1. The van der Waals surface area contributed by atoms with Gasteiger partial charge in [0.1, 0.15) is 0 Å². The van der Waals surface area contributed by atoms with Crippen LogP contribution in [0, 0.1) is 5.41 Å². The van der Waals surface area contributed by atoms with Crippen LogP contribution < -0.4 is 5.32 Å². The predicted molar refractivity (Wildman–Crippen MR) is 66.8 cm³/mol. The second-order valence-electron chi connectivity index (χ2n) is 4.72. The van der Waals surface area contributed by atoms with Crippen molar-refractivity contribution in [1.29, 1.82) is 0 Å². The van der Waals surface area contributed by atoms with E-state index in [1.165, 1.54) is 7.11 Å². The van der Waals surface area contributed by atoms with Gasteiger partial charge in [0.25, 0.3) is 0 Å². The third kappa shape index (κ3) is 6.23. The number of hydrogen-bond donors (Lipinski definition) is 1. The summed E-state index contributed by atoms with van der Waals surface area (Å²) in [5.74, 6) is 0.471. The summed E-state index contributed by atoms with van der Waals surface area (Å²) < 4.78 is 15.6. The van der Waals surface area contributed by atoms with Crippen LogP contribution in [-0.2, 0) is 20.3 Å². The molecule has 2 unspecified atom stereocenters. The summed E-state index contributed by atoms with van der Waals surface area (Å²) in [5, 5.41) is 3.26. The summed E-state index contributed by atoms with van der Waals surface area (Å²) in [6.07, 6.45) is 2.55. The molecule has 0 amide bonds. The second-order valence-corrected chi connectivity index (χ2v) is 6.28. The van der Waals surface area contributed by atoms with Gasteiger partial charge in [-0.2, -0.15) is 0 Å². The first-order valence-electron chi connectivity index (χ1n) is 5.41. The Kier molecular flexibility index (Phi) is 6.83. The van der Waals surface area contributed by atoms with Crippen LogP contribution >= 0.6 is 0 Å². The number of carbonyl (C=O) groups excluding carboxylic acids is 1. The number of nitrogens with one attached hydrogen (secondary N) is 1. The van der Waals surface area contributed by atoms with E-state index < -0.39 is 16.2 Å². The Labute approximate surface area is 101 Å². The maximum Gasteiger partial charge on any atom is 0.312 e. The Morgan fingerprint density at radius 2 is 2.06 bits per heavy atom. The van der Waals surface area contributed by atoms with E-state index in [0.717, 1.165) is 6.42 Å². The zero-order chi connectivity index (χ0) is 12.8. The van der Waals surface area contributed by atoms with Crippen LogP contribution in [0.3, 0.4) is 0 Å². The van der Waals surface area contributed by atoms with E-state index in [-0.39, 0.29) is 12.0 Å². The predicted octanol–water partition coefficient (Wildman–Crippen LogP) is 0.932. The molecule has 4 nitrogen and oxygen atoms in total. The van der Waals surface area contributed by atoms with Crippen molar-refractivity contribution in [2.45, 2.75) is 33.2 Å². The third-order valence-corrected chi connectivity index (χ3v) is 3.28. The Bertz CT molecular complexity index is 254. The average molecular weight is 249 g/mol. The number of methoxy groups -OCH3 is 1. The van der Waals surface area contributed by atoms with Crippen LogP contribution in [0.1, 0.15) is 27.2 Å². The first-order valence-corrected chi connectivity index (χ1v) is 7.14. The van der Waals surface area contributed by atoms with Crippen LogP contribution in [0.5, 0.6) is 0 Å². The van der Waals surface area contributed by atoms with Gasteiger partial charge in [0, 0.05) is 35.4 Å². The SMILES string of the molecule is COC(=O)C(C)(C)CNC(C)CCS(C)=O. The quantitative estimate of drug-likeness (QED) is 0.682. The van der Waals surface area contributed by atoms with Crippen LogP contribution in [0.15, 0.2) is 0 Å². The largest absolute Gasteiger partial charge is 0.469 e. The number of hydrogen-bond acceptors (Lipinski definition) is 4. The minimum absolute atomic E-state index is 0.216. The zero-order valence-electron chi connectivity index (χ0n) is 10.8. The van der Waals surface area contributed by atoms with Gasteiger partial charge in [-0.3, -0.25) is 9.00 Å². The molecule has 0 saturated carbocycles. The lowest BCUT2D eigenvalue weighted by Crippen LogP contribution is -2.40. The van der Waals surface area contributed by atoms with Crippen LogP contribution in [-0.4, -0.2) is 41.9 Å². The Morgan fingerprint density at radius 3 is 2.50 bits per heavy atom. The molecule has 0 radical (unpaired) electrons. The fourth-order valence-electron chi connectivity index (χ4n) is 1.22. The van der Waals surface area contributed by atoms with Gasteiger partial charge >= 0.3 is 5.97 Å². The summed E-state index contributed by atoms with van der Waals surface area (Å²) >= 11 is 0. The van der Waals surface area contributed by atoms with Crippen molar-refractivity contribution in [1.82, 2.24) is 5.32 Å². The third-order valence-electron chi connectivity index (χ3n) is 2.47. The molecule has 0 aromatic carbocycles. The van der Waals surface area contributed by atoms with E-state index in [1.54, 1.807) is 6.26 Å². The van der Waals surface area contributed by atoms with Gasteiger partial charge in [-0.1, -0.05) is 0 Å². The molecule has 0 aliphatic carbocycles. The summed E-state index contributed by atoms with van der Waals surface area (Å²) in [6, 6.07) is 0.257. The van der Waals surface area contributed by atoms with Crippen molar-refractivity contribution < 1.29 is 13.7 Å². The monoisotopic (exact) mass is 249 g/mol. The Hall–Kier alpha value is -0.420. The van der Waals surface area contributed by atoms with Gasteiger partial charge in [-0.15, -0.1) is 0 Å². The maximum atomic E-state index is 11.4. The van der Waals surface area contributed by atoms with Crippen LogP contribution in [0.25, 0.3) is 0 Å². The Morgan fingerprint density at radius 1 is 1.50 bits per heavy atom. The lowest BCUT2D eigenvalue weighted by molar-refractivity contribution is -0.150. The molecule has 2 atom stereocenters. The summed E-state index contributed by atoms with van der Waals surface area (Å²) in [7, 11) is 0.644. The molecule has 0 fully saturated rings. The van der Waals surface area contributed by atoms with Crippen molar-refractivity contribution >= 4 is 16.8 Å². The number of carbonyl (C=O) groups is 1. The van der Waals surface area contributed by atoms with Gasteiger partial charge in [0.2, 0.25) is 0 Å². The summed E-state index contributed by atoms with van der Waals surface area (Å²) in [6.45, 7) is 6.28. The normalized spacial score (nSPS) is 15.6. The number of ether oxygens (including phenoxy) is 1. The van der Waals surface area contributed by atoms with Gasteiger partial charge in [-0.25, -0.2) is 0 Å². The fraction of sp³-hybridized carbons (Fsp3) is 0.909. The molecule has 0 aliphatic heterocycles. The lowest BCUT2D eigenvalue weighted by atomic mass is 9.93. The molecule has 0 rings (SSSR count). The molecule has 1 N–H and O–H groups in total. The minimum Gasteiger partial charge on any atom is -0.469 e. The molecule has 16 heavy (non-hydrogen) atoms. The molecular formula is C11H23NO3S. The molecule has 0 aromatic heterocycles. The molecule has 0 bridgehead atoms. The molecule has 0 heterocycles. The van der Waals surface area contributed by atoms with E-state index in [4.69, 9.17) is 4.74 Å². The van der Waals surface area contributed by atoms with Gasteiger partial charge in [0.05, 0.1) is 12.5 Å². The highest BCUT2D eigenvalue weighted by Crippen LogP contribution is 2.15. The highest BCUT2D eigenvalue weighted by atomic mass is 32.2. The zero-order valence-corrected chi connectivity index (χ0v) is 11.6. The van der Waals surface area contributed by atoms with Crippen molar-refractivity contribution in [2.75, 3.05) is 25.7 Å².